The molecule has 1 rings (SSSR count). The molecule has 0 atom stereocenters. The quantitative estimate of drug-likeness (QED) is 0.827. The van der Waals surface area contributed by atoms with Gasteiger partial charge in [-0.25, -0.2) is 0 Å². The van der Waals surface area contributed by atoms with Crippen LogP contribution in [0.2, 0.25) is 0 Å². The first-order chi connectivity index (χ1) is 9.49. The summed E-state index contributed by atoms with van der Waals surface area (Å²) in [5, 5.41) is 9.91. The van der Waals surface area contributed by atoms with Gasteiger partial charge in [0, 0.05) is 6.42 Å². The molecule has 1 aromatic carbocycles. The van der Waals surface area contributed by atoms with Crippen LogP contribution in [-0.4, -0.2) is 11.1 Å². The van der Waals surface area contributed by atoms with Crippen LogP contribution in [0.1, 0.15) is 65.5 Å². The van der Waals surface area contributed by atoms with Gasteiger partial charge >= 0.3 is 5.97 Å². The lowest BCUT2D eigenvalue weighted by molar-refractivity contribution is -0.145. The Morgan fingerprint density at radius 3 is 2.29 bits per heavy atom. The van der Waals surface area contributed by atoms with E-state index >= 15 is 0 Å². The number of benzene rings is 1. The van der Waals surface area contributed by atoms with Crippen LogP contribution in [0.25, 0.3) is 0 Å². The summed E-state index contributed by atoms with van der Waals surface area (Å²) in [7, 11) is 0. The number of aromatic hydroxyl groups is 1. The van der Waals surface area contributed by atoms with E-state index in [9.17, 15) is 9.90 Å². The molecule has 118 valence electrons. The zero-order valence-corrected chi connectivity index (χ0v) is 14.1. The van der Waals surface area contributed by atoms with Gasteiger partial charge in [-0.3, -0.25) is 4.79 Å². The fourth-order valence-corrected chi connectivity index (χ4v) is 1.99. The predicted molar refractivity (Wildman–Crippen MR) is 85.3 cm³/mol. The third-order valence-corrected chi connectivity index (χ3v) is 3.35. The van der Waals surface area contributed by atoms with Crippen molar-refractivity contribution in [1.29, 1.82) is 0 Å². The van der Waals surface area contributed by atoms with Crippen LogP contribution in [-0.2, 0) is 21.6 Å². The Bertz CT molecular complexity index is 490. The second kappa shape index (κ2) is 6.50. The first-order valence-corrected chi connectivity index (χ1v) is 7.47. The summed E-state index contributed by atoms with van der Waals surface area (Å²) in [6, 6.07) is 5.37. The number of ether oxygens (including phenoxy) is 1. The molecule has 0 saturated heterocycles. The van der Waals surface area contributed by atoms with Crippen molar-refractivity contribution in [3.05, 3.63) is 29.3 Å². The van der Waals surface area contributed by atoms with Gasteiger partial charge < -0.3 is 9.84 Å². The summed E-state index contributed by atoms with van der Waals surface area (Å²) in [5.41, 5.74) is 1.76. The van der Waals surface area contributed by atoms with E-state index in [1.165, 1.54) is 0 Å². The zero-order chi connectivity index (χ0) is 16.3. The molecule has 0 radical (unpaired) electrons. The number of rotatable bonds is 4. The van der Waals surface area contributed by atoms with E-state index in [1.807, 2.05) is 26.8 Å². The van der Waals surface area contributed by atoms with E-state index in [1.54, 1.807) is 12.1 Å². The largest absolute Gasteiger partial charge is 0.508 e. The molecule has 0 saturated carbocycles. The zero-order valence-electron chi connectivity index (χ0n) is 14.1. The van der Waals surface area contributed by atoms with Gasteiger partial charge in [0.1, 0.15) is 12.4 Å². The number of phenols is 1. The second-order valence-corrected chi connectivity index (χ2v) is 7.82. The maximum absolute atomic E-state index is 11.7. The van der Waals surface area contributed by atoms with E-state index in [0.717, 1.165) is 17.5 Å². The highest BCUT2D eigenvalue weighted by atomic mass is 16.5. The van der Waals surface area contributed by atoms with Gasteiger partial charge in [-0.05, 0) is 40.5 Å². The molecule has 1 aromatic rings. The Labute approximate surface area is 128 Å². The minimum atomic E-state index is -0.171. The van der Waals surface area contributed by atoms with Gasteiger partial charge in [0.05, 0.1) is 0 Å². The highest BCUT2D eigenvalue weighted by molar-refractivity contribution is 5.69. The van der Waals surface area contributed by atoms with Gasteiger partial charge in [0.2, 0.25) is 0 Å². The number of hydrogen-bond donors (Lipinski definition) is 1. The maximum atomic E-state index is 11.7. The van der Waals surface area contributed by atoms with Crippen LogP contribution < -0.4 is 0 Å². The van der Waals surface area contributed by atoms with Gasteiger partial charge in [-0.2, -0.15) is 0 Å². The molecular formula is C18H28O3. The van der Waals surface area contributed by atoms with Gasteiger partial charge in [0.25, 0.3) is 0 Å². The van der Waals surface area contributed by atoms with Crippen LogP contribution >= 0.6 is 0 Å². The van der Waals surface area contributed by atoms with Crippen molar-refractivity contribution in [1.82, 2.24) is 0 Å². The lowest BCUT2D eigenvalue weighted by atomic mass is 9.85. The van der Waals surface area contributed by atoms with Crippen LogP contribution in [0, 0.1) is 5.41 Å². The Balaban J connectivity index is 2.62. The van der Waals surface area contributed by atoms with Crippen molar-refractivity contribution in [2.75, 3.05) is 0 Å². The Morgan fingerprint density at radius 2 is 1.76 bits per heavy atom. The highest BCUT2D eigenvalue weighted by Gasteiger charge is 2.19. The summed E-state index contributed by atoms with van der Waals surface area (Å²) in [6.07, 6.45) is 1.25. The number of hydrogen-bond acceptors (Lipinski definition) is 3. The lowest BCUT2D eigenvalue weighted by Gasteiger charge is -2.21. The summed E-state index contributed by atoms with van der Waals surface area (Å²) >= 11 is 0. The summed E-state index contributed by atoms with van der Waals surface area (Å²) in [6.45, 7) is 12.7. The molecule has 3 nitrogen and oxygen atoms in total. The molecule has 0 aliphatic rings. The molecule has 0 amide bonds. The molecule has 21 heavy (non-hydrogen) atoms. The average molecular weight is 292 g/mol. The molecule has 0 bridgehead atoms. The maximum Gasteiger partial charge on any atom is 0.306 e. The predicted octanol–water partition coefficient (Wildman–Crippen LogP) is 4.56. The number of carbonyl (C=O) groups excluding carboxylic acids is 1. The minimum Gasteiger partial charge on any atom is -0.508 e. The Morgan fingerprint density at radius 1 is 1.14 bits per heavy atom. The van der Waals surface area contributed by atoms with Crippen molar-refractivity contribution in [2.45, 2.75) is 66.4 Å². The van der Waals surface area contributed by atoms with E-state index in [4.69, 9.17) is 4.74 Å². The Hall–Kier alpha value is -1.51. The van der Waals surface area contributed by atoms with E-state index < -0.39 is 0 Å². The molecular weight excluding hydrogens is 264 g/mol. The normalized spacial score (nSPS) is 12.3. The van der Waals surface area contributed by atoms with E-state index in [-0.39, 0.29) is 29.2 Å². The van der Waals surface area contributed by atoms with Crippen molar-refractivity contribution in [3.63, 3.8) is 0 Å². The molecule has 0 heterocycles. The third-order valence-electron chi connectivity index (χ3n) is 3.35. The van der Waals surface area contributed by atoms with Crippen LogP contribution in [0.15, 0.2) is 18.2 Å². The third kappa shape index (κ3) is 6.19. The first-order valence-electron chi connectivity index (χ1n) is 7.47. The number of esters is 1. The molecule has 0 unspecified atom stereocenters. The van der Waals surface area contributed by atoms with Crippen LogP contribution in [0.3, 0.4) is 0 Å². The molecule has 0 aliphatic carbocycles. The molecule has 1 N–H and O–H groups in total. The monoisotopic (exact) mass is 292 g/mol. The van der Waals surface area contributed by atoms with Crippen molar-refractivity contribution in [3.8, 4) is 5.75 Å². The van der Waals surface area contributed by atoms with Crippen molar-refractivity contribution >= 4 is 5.97 Å². The number of phenolic OH excluding ortho intramolecular Hbond substituents is 1. The first kappa shape index (κ1) is 17.5. The van der Waals surface area contributed by atoms with Crippen LogP contribution in [0.5, 0.6) is 5.75 Å². The standard InChI is InChI=1S/C18H28O3/c1-17(2,3)10-9-16(20)21-12-13-7-8-15(19)14(11-13)18(4,5)6/h7-8,11,19H,9-10,12H2,1-6H3. The summed E-state index contributed by atoms with van der Waals surface area (Å²) < 4.78 is 5.31. The fourth-order valence-electron chi connectivity index (χ4n) is 1.99. The van der Waals surface area contributed by atoms with Gasteiger partial charge in [-0.15, -0.1) is 0 Å². The number of carbonyl (C=O) groups is 1. The molecule has 0 spiro atoms. The smallest absolute Gasteiger partial charge is 0.306 e. The fraction of sp³-hybridized carbons (Fsp3) is 0.611. The van der Waals surface area contributed by atoms with Crippen molar-refractivity contribution < 1.29 is 14.6 Å². The summed E-state index contributed by atoms with van der Waals surface area (Å²) in [4.78, 5) is 11.7. The molecule has 0 aliphatic heterocycles. The van der Waals surface area contributed by atoms with Gasteiger partial charge in [0.15, 0.2) is 0 Å². The topological polar surface area (TPSA) is 46.5 Å². The van der Waals surface area contributed by atoms with Crippen molar-refractivity contribution in [2.24, 2.45) is 5.41 Å². The summed E-state index contributed by atoms with van der Waals surface area (Å²) in [5.74, 6) is 0.112. The minimum absolute atomic E-state index is 0.136. The second-order valence-electron chi connectivity index (χ2n) is 7.82. The van der Waals surface area contributed by atoms with E-state index in [2.05, 4.69) is 20.8 Å². The van der Waals surface area contributed by atoms with Crippen LogP contribution in [0.4, 0.5) is 0 Å². The molecule has 0 aromatic heterocycles. The highest BCUT2D eigenvalue weighted by Crippen LogP contribution is 2.31. The lowest BCUT2D eigenvalue weighted by Crippen LogP contribution is -2.13. The Kier molecular flexibility index (Phi) is 5.43. The molecule has 0 fully saturated rings. The average Bonchev–Trinajstić information content (AvgIpc) is 2.33. The van der Waals surface area contributed by atoms with E-state index in [0.29, 0.717) is 6.42 Å². The molecule has 3 heteroatoms. The van der Waals surface area contributed by atoms with Gasteiger partial charge in [-0.1, -0.05) is 47.6 Å². The SMILES string of the molecule is CC(C)(C)CCC(=O)OCc1ccc(O)c(C(C)(C)C)c1.